The van der Waals surface area contributed by atoms with Crippen LogP contribution < -0.4 is 0 Å². The van der Waals surface area contributed by atoms with Crippen molar-refractivity contribution in [1.82, 2.24) is 0 Å². The number of carbonyl (C=O) groups excluding carboxylic acids is 2. The molecule has 0 aliphatic heterocycles. The zero-order valence-electron chi connectivity index (χ0n) is 22.3. The molecule has 4 aliphatic rings. The average molecular weight is 455 g/mol. The normalized spacial score (nSPS) is 43.7. The van der Waals surface area contributed by atoms with Crippen molar-refractivity contribution in [2.24, 2.45) is 45.3 Å². The second-order valence-corrected chi connectivity index (χ2v) is 13.6. The van der Waals surface area contributed by atoms with Gasteiger partial charge in [0, 0.05) is 17.8 Å². The van der Waals surface area contributed by atoms with Gasteiger partial charge in [0.2, 0.25) is 0 Å². The first-order valence-corrected chi connectivity index (χ1v) is 13.3. The molecule has 0 amide bonds. The molecule has 4 aliphatic carbocycles. The third kappa shape index (κ3) is 3.46. The van der Waals surface area contributed by atoms with Crippen LogP contribution in [-0.4, -0.2) is 22.8 Å². The van der Waals surface area contributed by atoms with E-state index in [4.69, 9.17) is 0 Å². The van der Waals surface area contributed by atoms with Crippen LogP contribution in [0.4, 0.5) is 0 Å². The molecule has 0 bridgehead atoms. The number of hydrogen-bond donors (Lipinski definition) is 1. The van der Waals surface area contributed by atoms with Crippen LogP contribution in [0.1, 0.15) is 100 Å². The molecule has 3 heteroatoms. The van der Waals surface area contributed by atoms with E-state index in [1.54, 1.807) is 0 Å². The number of Topliss-reactive ketones (excluding diaryl/α,β-unsaturated/α-hetero) is 1. The fourth-order valence-electron chi connectivity index (χ4n) is 9.36. The van der Waals surface area contributed by atoms with E-state index in [9.17, 15) is 14.7 Å². The fourth-order valence-corrected chi connectivity index (χ4v) is 9.36. The second kappa shape index (κ2) is 7.90. The first-order chi connectivity index (χ1) is 15.2. The summed E-state index contributed by atoms with van der Waals surface area (Å²) in [5.41, 5.74) is 2.03. The molecule has 3 fully saturated rings. The van der Waals surface area contributed by atoms with Gasteiger partial charge in [-0.3, -0.25) is 9.59 Å². The van der Waals surface area contributed by atoms with E-state index >= 15 is 0 Å². The van der Waals surface area contributed by atoms with Gasteiger partial charge in [0.1, 0.15) is 5.78 Å². The maximum absolute atomic E-state index is 13.7. The predicted molar refractivity (Wildman–Crippen MR) is 134 cm³/mol. The van der Waals surface area contributed by atoms with Gasteiger partial charge in [0.05, 0.1) is 6.10 Å². The Morgan fingerprint density at radius 2 is 1.76 bits per heavy atom. The van der Waals surface area contributed by atoms with Crippen molar-refractivity contribution in [1.29, 1.82) is 0 Å². The quantitative estimate of drug-likeness (QED) is 0.481. The molecule has 0 unspecified atom stereocenters. The Balaban J connectivity index is 1.69. The Morgan fingerprint density at radius 1 is 1.09 bits per heavy atom. The minimum atomic E-state index is -0.568. The molecule has 1 N–H and O–H groups in total. The first-order valence-electron chi connectivity index (χ1n) is 13.3. The van der Waals surface area contributed by atoms with Gasteiger partial charge in [-0.25, -0.2) is 0 Å². The lowest BCUT2D eigenvalue weighted by molar-refractivity contribution is -0.155. The smallest absolute Gasteiger partial charge is 0.160 e. The number of aliphatic hydroxyl groups excluding tert-OH is 1. The van der Waals surface area contributed by atoms with E-state index < -0.39 is 5.41 Å². The van der Waals surface area contributed by atoms with Gasteiger partial charge in [-0.05, 0) is 92.4 Å². The number of carbonyl (C=O) groups is 2. The molecule has 33 heavy (non-hydrogen) atoms. The van der Waals surface area contributed by atoms with E-state index in [1.165, 1.54) is 17.6 Å². The van der Waals surface area contributed by atoms with Crippen molar-refractivity contribution in [3.63, 3.8) is 0 Å². The highest BCUT2D eigenvalue weighted by molar-refractivity contribution is 6.00. The summed E-state index contributed by atoms with van der Waals surface area (Å²) in [6.45, 7) is 17.6. The number of aliphatic hydroxyl groups is 1. The molecule has 8 atom stereocenters. The summed E-state index contributed by atoms with van der Waals surface area (Å²) in [6, 6.07) is 0. The summed E-state index contributed by atoms with van der Waals surface area (Å²) in [4.78, 5) is 26.5. The van der Waals surface area contributed by atoms with Gasteiger partial charge in [-0.15, -0.1) is 0 Å². The summed E-state index contributed by atoms with van der Waals surface area (Å²) < 4.78 is 0. The summed E-state index contributed by atoms with van der Waals surface area (Å²) >= 11 is 0. The Kier molecular flexibility index (Phi) is 5.96. The molecular formula is C30H46O3. The molecule has 0 saturated heterocycles. The summed E-state index contributed by atoms with van der Waals surface area (Å²) in [5, 5.41) is 10.6. The molecular weight excluding hydrogens is 408 g/mol. The van der Waals surface area contributed by atoms with Crippen LogP contribution in [0.15, 0.2) is 23.3 Å². The largest absolute Gasteiger partial charge is 0.389 e. The fraction of sp³-hybridized carbons (Fsp3) is 0.800. The van der Waals surface area contributed by atoms with Crippen LogP contribution in [0, 0.1) is 45.3 Å². The molecule has 184 valence electrons. The third-order valence-corrected chi connectivity index (χ3v) is 11.2. The highest BCUT2D eigenvalue weighted by Gasteiger charge is 2.66. The third-order valence-electron chi connectivity index (χ3n) is 11.2. The van der Waals surface area contributed by atoms with E-state index in [0.29, 0.717) is 24.2 Å². The van der Waals surface area contributed by atoms with Crippen LogP contribution in [0.2, 0.25) is 0 Å². The maximum Gasteiger partial charge on any atom is 0.160 e. The van der Waals surface area contributed by atoms with E-state index in [0.717, 1.165) is 32.1 Å². The zero-order chi connectivity index (χ0) is 24.6. The number of hydrogen-bond acceptors (Lipinski definition) is 3. The van der Waals surface area contributed by atoms with Crippen LogP contribution >= 0.6 is 0 Å². The highest BCUT2D eigenvalue weighted by Crippen LogP contribution is 2.72. The molecule has 3 nitrogen and oxygen atoms in total. The number of rotatable bonds is 4. The van der Waals surface area contributed by atoms with Crippen molar-refractivity contribution < 1.29 is 14.7 Å². The van der Waals surface area contributed by atoms with E-state index in [2.05, 4.69) is 27.7 Å². The molecule has 0 aromatic carbocycles. The molecule has 0 aromatic rings. The minimum Gasteiger partial charge on any atom is -0.389 e. The molecule has 0 heterocycles. The average Bonchev–Trinajstić information content (AvgIpc) is 2.96. The lowest BCUT2D eigenvalue weighted by Gasteiger charge is -2.62. The summed E-state index contributed by atoms with van der Waals surface area (Å²) in [6.07, 6.45) is 10.4. The number of allylic oxidation sites excluding steroid dienone is 3. The molecule has 4 rings (SSSR count). The molecule has 3 saturated carbocycles. The minimum absolute atomic E-state index is 0.0194. The van der Waals surface area contributed by atoms with Gasteiger partial charge in [0.15, 0.2) is 5.78 Å². The van der Waals surface area contributed by atoms with Crippen molar-refractivity contribution >= 4 is 11.6 Å². The highest BCUT2D eigenvalue weighted by atomic mass is 16.3. The van der Waals surface area contributed by atoms with Crippen LogP contribution in [0.25, 0.3) is 0 Å². The van der Waals surface area contributed by atoms with E-state index in [1.807, 2.05) is 39.8 Å². The van der Waals surface area contributed by atoms with Gasteiger partial charge in [-0.1, -0.05) is 58.8 Å². The monoisotopic (exact) mass is 454 g/mol. The van der Waals surface area contributed by atoms with Crippen molar-refractivity contribution in [2.75, 3.05) is 0 Å². The molecule has 0 spiro atoms. The van der Waals surface area contributed by atoms with Crippen molar-refractivity contribution in [3.05, 3.63) is 23.3 Å². The topological polar surface area (TPSA) is 54.4 Å². The first kappa shape index (κ1) is 24.9. The maximum atomic E-state index is 13.7. The lowest BCUT2D eigenvalue weighted by atomic mass is 9.41. The second-order valence-electron chi connectivity index (χ2n) is 13.6. The summed E-state index contributed by atoms with van der Waals surface area (Å²) in [5.74, 6) is 1.65. The number of fused-ring (bicyclic) bond motifs is 5. The predicted octanol–water partition coefficient (Wildman–Crippen LogP) is 6.69. The summed E-state index contributed by atoms with van der Waals surface area (Å²) in [7, 11) is 0. The Bertz CT molecular complexity index is 906. The van der Waals surface area contributed by atoms with Crippen LogP contribution in [0.3, 0.4) is 0 Å². The van der Waals surface area contributed by atoms with E-state index in [-0.39, 0.29) is 39.8 Å². The van der Waals surface area contributed by atoms with Gasteiger partial charge >= 0.3 is 0 Å². The lowest BCUT2D eigenvalue weighted by Crippen LogP contribution is -2.59. The van der Waals surface area contributed by atoms with Crippen LogP contribution in [-0.2, 0) is 9.59 Å². The van der Waals surface area contributed by atoms with Crippen molar-refractivity contribution in [2.45, 2.75) is 106 Å². The Morgan fingerprint density at radius 3 is 2.39 bits per heavy atom. The molecule has 0 radical (unpaired) electrons. The Labute approximate surface area is 201 Å². The zero-order valence-corrected chi connectivity index (χ0v) is 22.3. The van der Waals surface area contributed by atoms with Crippen LogP contribution in [0.5, 0.6) is 0 Å². The van der Waals surface area contributed by atoms with Gasteiger partial charge < -0.3 is 5.11 Å². The molecule has 0 aromatic heterocycles. The van der Waals surface area contributed by atoms with Crippen molar-refractivity contribution in [3.8, 4) is 0 Å². The number of ketones is 2. The SMILES string of the molecule is CC(C)=C[C@H](O)C[C@H](C)[C@@H]1CC[C@]2(C)C3=CC(=O)[C@H]4C(C)(C)C(=O)CC[C@]4(C)[C@H]3CC[C@@]12C. The Hall–Kier alpha value is -1.22. The van der Waals surface area contributed by atoms with Gasteiger partial charge in [0.25, 0.3) is 0 Å². The standard InChI is InChI=1S/C30H46O3/c1-18(2)15-20(31)16-19(3)21-9-13-30(8)23-17-24(32)26-27(4,5)25(33)11-12-28(26,6)22(23)10-14-29(21,30)7/h15,17,19-22,26,31H,9-14,16H2,1-8H3/t19-,20-,21-,22-,26-,28+,29-,30+/m0/s1. The van der Waals surface area contributed by atoms with Gasteiger partial charge in [-0.2, -0.15) is 0 Å².